The van der Waals surface area contributed by atoms with Crippen LogP contribution >= 0.6 is 23.1 Å². The topological polar surface area (TPSA) is 72.7 Å². The summed E-state index contributed by atoms with van der Waals surface area (Å²) in [6, 6.07) is 19.8. The van der Waals surface area contributed by atoms with E-state index in [4.69, 9.17) is 0 Å². The summed E-state index contributed by atoms with van der Waals surface area (Å²) in [5, 5.41) is 15.4. The van der Waals surface area contributed by atoms with Crippen molar-refractivity contribution in [3.8, 4) is 0 Å². The lowest BCUT2D eigenvalue weighted by Crippen LogP contribution is -2.14. The van der Waals surface area contributed by atoms with Crippen LogP contribution in [0.25, 0.3) is 0 Å². The number of amides is 1. The normalized spacial score (nSPS) is 10.9. The van der Waals surface area contributed by atoms with Crippen LogP contribution in [0, 0.1) is 0 Å². The zero-order valence-electron chi connectivity index (χ0n) is 17.2. The van der Waals surface area contributed by atoms with Gasteiger partial charge in [-0.1, -0.05) is 60.3 Å². The largest absolute Gasteiger partial charge is 0.326 e. The molecule has 0 atom stereocenters. The van der Waals surface area contributed by atoms with Crippen molar-refractivity contribution < 1.29 is 4.79 Å². The first kappa shape index (κ1) is 21.3. The average molecular weight is 450 g/mol. The Kier molecular flexibility index (Phi) is 7.11. The van der Waals surface area contributed by atoms with E-state index in [-0.39, 0.29) is 12.3 Å². The van der Waals surface area contributed by atoms with Gasteiger partial charge < -0.3 is 9.88 Å². The number of thioether (sulfide) groups is 1. The lowest BCUT2D eigenvalue weighted by molar-refractivity contribution is -0.115. The first-order valence-corrected chi connectivity index (χ1v) is 11.9. The molecule has 2 aromatic heterocycles. The summed E-state index contributed by atoms with van der Waals surface area (Å²) < 4.78 is 2.15. The van der Waals surface area contributed by atoms with E-state index in [1.807, 2.05) is 53.9 Å². The molecule has 0 radical (unpaired) electrons. The van der Waals surface area contributed by atoms with Gasteiger partial charge in [0.1, 0.15) is 10.8 Å². The minimum absolute atomic E-state index is 0.0592. The van der Waals surface area contributed by atoms with Crippen molar-refractivity contribution in [1.82, 2.24) is 19.7 Å². The SMILES string of the molecule is CCn1c(Cc2ccccc2)nnc1SCc1csc(CC(=O)Nc2ccccc2)n1. The summed E-state index contributed by atoms with van der Waals surface area (Å²) in [4.78, 5) is 16.9. The standard InChI is InChI=1S/C23H23N5OS2/c1-2-28-20(13-17-9-5-3-6-10-17)26-27-23(28)31-16-19-15-30-22(25-19)14-21(29)24-18-11-7-4-8-12-18/h3-12,15H,2,13-14,16H2,1H3,(H,24,29). The number of hydrogen-bond donors (Lipinski definition) is 1. The third kappa shape index (κ3) is 5.80. The van der Waals surface area contributed by atoms with Crippen molar-refractivity contribution in [2.75, 3.05) is 5.32 Å². The number of carbonyl (C=O) groups is 1. The fourth-order valence-electron chi connectivity index (χ4n) is 3.15. The fourth-order valence-corrected chi connectivity index (χ4v) is 4.96. The van der Waals surface area contributed by atoms with Gasteiger partial charge in [0.2, 0.25) is 5.91 Å². The smallest absolute Gasteiger partial charge is 0.231 e. The van der Waals surface area contributed by atoms with Crippen LogP contribution in [0.4, 0.5) is 5.69 Å². The minimum atomic E-state index is -0.0592. The second-order valence-corrected chi connectivity index (χ2v) is 8.80. The summed E-state index contributed by atoms with van der Waals surface area (Å²) in [5.74, 6) is 1.60. The number of anilines is 1. The molecule has 0 aliphatic rings. The summed E-state index contributed by atoms with van der Waals surface area (Å²) in [6.07, 6.45) is 1.04. The van der Waals surface area contributed by atoms with Crippen molar-refractivity contribution in [2.45, 2.75) is 37.2 Å². The van der Waals surface area contributed by atoms with Crippen molar-refractivity contribution in [3.05, 3.63) is 88.1 Å². The summed E-state index contributed by atoms with van der Waals surface area (Å²) in [7, 11) is 0. The molecule has 4 rings (SSSR count). The average Bonchev–Trinajstić information content (AvgIpc) is 3.39. The summed E-state index contributed by atoms with van der Waals surface area (Å²) in [5.41, 5.74) is 2.97. The van der Waals surface area contributed by atoms with Crippen LogP contribution in [0.5, 0.6) is 0 Å². The van der Waals surface area contributed by atoms with Gasteiger partial charge in [0.25, 0.3) is 0 Å². The predicted octanol–water partition coefficient (Wildman–Crippen LogP) is 4.82. The van der Waals surface area contributed by atoms with Crippen LogP contribution in [0.3, 0.4) is 0 Å². The first-order valence-electron chi connectivity index (χ1n) is 10.1. The van der Waals surface area contributed by atoms with Crippen LogP contribution in [0.15, 0.2) is 71.2 Å². The summed E-state index contributed by atoms with van der Waals surface area (Å²) in [6.45, 7) is 2.92. The maximum Gasteiger partial charge on any atom is 0.231 e. The second-order valence-electron chi connectivity index (χ2n) is 6.92. The highest BCUT2D eigenvalue weighted by Crippen LogP contribution is 2.24. The summed E-state index contributed by atoms with van der Waals surface area (Å²) >= 11 is 3.14. The highest BCUT2D eigenvalue weighted by Gasteiger charge is 2.14. The molecule has 1 N–H and O–H groups in total. The Morgan fingerprint density at radius 3 is 2.55 bits per heavy atom. The van der Waals surface area contributed by atoms with Crippen LogP contribution in [0.1, 0.15) is 29.0 Å². The van der Waals surface area contributed by atoms with E-state index < -0.39 is 0 Å². The van der Waals surface area contributed by atoms with Gasteiger partial charge >= 0.3 is 0 Å². The van der Waals surface area contributed by atoms with Crippen LogP contribution in [0.2, 0.25) is 0 Å². The monoisotopic (exact) mass is 449 g/mol. The Bertz CT molecular complexity index is 1130. The van der Waals surface area contributed by atoms with E-state index in [0.29, 0.717) is 5.75 Å². The molecule has 2 heterocycles. The van der Waals surface area contributed by atoms with Crippen molar-refractivity contribution in [3.63, 3.8) is 0 Å². The minimum Gasteiger partial charge on any atom is -0.326 e. The number of thiazole rings is 1. The van der Waals surface area contributed by atoms with E-state index in [9.17, 15) is 4.79 Å². The zero-order valence-corrected chi connectivity index (χ0v) is 18.8. The van der Waals surface area contributed by atoms with Crippen LogP contribution in [-0.2, 0) is 29.9 Å². The molecule has 31 heavy (non-hydrogen) atoms. The van der Waals surface area contributed by atoms with E-state index in [1.165, 1.54) is 16.9 Å². The molecule has 0 saturated heterocycles. The highest BCUT2D eigenvalue weighted by atomic mass is 32.2. The lowest BCUT2D eigenvalue weighted by atomic mass is 10.1. The van der Waals surface area contributed by atoms with E-state index in [0.717, 1.165) is 40.3 Å². The van der Waals surface area contributed by atoms with Crippen molar-refractivity contribution in [1.29, 1.82) is 0 Å². The van der Waals surface area contributed by atoms with Gasteiger partial charge in [-0.2, -0.15) is 0 Å². The highest BCUT2D eigenvalue weighted by molar-refractivity contribution is 7.98. The zero-order chi connectivity index (χ0) is 21.5. The Morgan fingerprint density at radius 1 is 1.06 bits per heavy atom. The maximum absolute atomic E-state index is 12.2. The molecule has 0 saturated carbocycles. The number of nitrogens with one attached hydrogen (secondary N) is 1. The molecular formula is C23H23N5OS2. The van der Waals surface area contributed by atoms with Gasteiger partial charge in [-0.25, -0.2) is 4.98 Å². The lowest BCUT2D eigenvalue weighted by Gasteiger charge is -2.07. The molecular weight excluding hydrogens is 426 g/mol. The van der Waals surface area contributed by atoms with Gasteiger partial charge in [0, 0.05) is 29.8 Å². The van der Waals surface area contributed by atoms with E-state index in [1.54, 1.807) is 11.8 Å². The molecule has 0 aliphatic heterocycles. The second kappa shape index (κ2) is 10.4. The number of nitrogens with zero attached hydrogens (tertiary/aromatic N) is 4. The molecule has 0 fully saturated rings. The fraction of sp³-hybridized carbons (Fsp3) is 0.217. The molecule has 0 spiro atoms. The molecule has 0 unspecified atom stereocenters. The molecule has 2 aromatic carbocycles. The van der Waals surface area contributed by atoms with Crippen LogP contribution < -0.4 is 5.32 Å². The Hall–Kier alpha value is -2.97. The number of hydrogen-bond acceptors (Lipinski definition) is 6. The van der Waals surface area contributed by atoms with E-state index >= 15 is 0 Å². The Labute approximate surface area is 189 Å². The molecule has 6 nitrogen and oxygen atoms in total. The molecule has 8 heteroatoms. The number of rotatable bonds is 9. The third-order valence-electron chi connectivity index (χ3n) is 4.63. The molecule has 0 bridgehead atoms. The van der Waals surface area contributed by atoms with Crippen LogP contribution in [-0.4, -0.2) is 25.7 Å². The van der Waals surface area contributed by atoms with E-state index in [2.05, 4.69) is 44.1 Å². The number of aromatic nitrogens is 4. The Morgan fingerprint density at radius 2 is 1.81 bits per heavy atom. The predicted molar refractivity (Wildman–Crippen MR) is 125 cm³/mol. The molecule has 158 valence electrons. The van der Waals surface area contributed by atoms with Gasteiger partial charge in [-0.3, -0.25) is 4.79 Å². The number of carbonyl (C=O) groups excluding carboxylic acids is 1. The maximum atomic E-state index is 12.2. The van der Waals surface area contributed by atoms with Gasteiger partial charge in [-0.15, -0.1) is 21.5 Å². The van der Waals surface area contributed by atoms with Gasteiger partial charge in [0.05, 0.1) is 12.1 Å². The molecule has 1 amide bonds. The third-order valence-corrected chi connectivity index (χ3v) is 6.53. The quantitative estimate of drug-likeness (QED) is 0.371. The van der Waals surface area contributed by atoms with Gasteiger partial charge in [0.15, 0.2) is 5.16 Å². The van der Waals surface area contributed by atoms with Gasteiger partial charge in [-0.05, 0) is 24.6 Å². The number of benzene rings is 2. The first-order chi connectivity index (χ1) is 15.2. The molecule has 4 aromatic rings. The Balaban J connectivity index is 1.33. The number of para-hydroxylation sites is 1. The van der Waals surface area contributed by atoms with Crippen molar-refractivity contribution >= 4 is 34.7 Å². The molecule has 0 aliphatic carbocycles. The van der Waals surface area contributed by atoms with Crippen molar-refractivity contribution in [2.24, 2.45) is 0 Å².